The Hall–Kier alpha value is -2.14. The van der Waals surface area contributed by atoms with Crippen molar-refractivity contribution in [2.24, 2.45) is 0 Å². The lowest BCUT2D eigenvalue weighted by Gasteiger charge is -2.22. The fraction of sp³-hybridized carbons (Fsp3) is 0.333. The summed E-state index contributed by atoms with van der Waals surface area (Å²) < 4.78 is 5.55. The van der Waals surface area contributed by atoms with E-state index in [4.69, 9.17) is 4.74 Å². The Kier molecular flexibility index (Phi) is 3.28. The van der Waals surface area contributed by atoms with Crippen molar-refractivity contribution in [1.82, 2.24) is 10.2 Å². The van der Waals surface area contributed by atoms with Crippen LogP contribution < -0.4 is 5.32 Å². The minimum absolute atomic E-state index is 0.0863. The topological polar surface area (TPSA) is 67.0 Å². The van der Waals surface area contributed by atoms with E-state index in [-0.39, 0.29) is 5.91 Å². The lowest BCUT2D eigenvalue weighted by molar-refractivity contribution is -0.133. The summed E-state index contributed by atoms with van der Waals surface area (Å²) in [7, 11) is 0. The van der Waals surface area contributed by atoms with Crippen molar-refractivity contribution in [3.63, 3.8) is 0 Å². The van der Waals surface area contributed by atoms with E-state index in [1.165, 1.54) is 0 Å². The lowest BCUT2D eigenvalue weighted by atomic mass is 10.0. The first-order chi connectivity index (χ1) is 9.67. The zero-order valence-corrected chi connectivity index (χ0v) is 11.3. The van der Waals surface area contributed by atoms with Crippen molar-refractivity contribution >= 4 is 11.6 Å². The second kappa shape index (κ2) is 5.09. The highest BCUT2D eigenvalue weighted by molar-refractivity contribution is 5.97. The summed E-state index contributed by atoms with van der Waals surface area (Å²) in [5.41, 5.74) is 1.96. The maximum absolute atomic E-state index is 12.3. The van der Waals surface area contributed by atoms with Gasteiger partial charge in [0, 0.05) is 24.1 Å². The summed E-state index contributed by atoms with van der Waals surface area (Å²) in [5, 5.41) is 9.77. The van der Waals surface area contributed by atoms with Crippen molar-refractivity contribution in [2.75, 3.05) is 11.9 Å². The summed E-state index contributed by atoms with van der Waals surface area (Å²) in [6, 6.07) is 9.56. The first-order valence-corrected chi connectivity index (χ1v) is 6.73. The third-order valence-electron chi connectivity index (χ3n) is 3.63. The van der Waals surface area contributed by atoms with Crippen molar-refractivity contribution in [1.29, 1.82) is 0 Å². The van der Waals surface area contributed by atoms with E-state index in [1.54, 1.807) is 6.20 Å². The SMILES string of the molecule is CC1(C(=O)Nc2cccc(-c3ccn[nH]3)c2)CCCO1. The van der Waals surface area contributed by atoms with Gasteiger partial charge in [0.15, 0.2) is 0 Å². The molecule has 5 nitrogen and oxygen atoms in total. The Bertz CT molecular complexity index is 601. The molecule has 3 rings (SSSR count). The molecular weight excluding hydrogens is 254 g/mol. The van der Waals surface area contributed by atoms with Crippen LogP contribution in [0.2, 0.25) is 0 Å². The van der Waals surface area contributed by atoms with Gasteiger partial charge in [0.2, 0.25) is 0 Å². The number of hydrogen-bond donors (Lipinski definition) is 2. The zero-order valence-electron chi connectivity index (χ0n) is 11.3. The molecule has 1 atom stereocenters. The minimum atomic E-state index is -0.704. The van der Waals surface area contributed by atoms with Crippen LogP contribution in [0.5, 0.6) is 0 Å². The van der Waals surface area contributed by atoms with Crippen LogP contribution in [0, 0.1) is 0 Å². The summed E-state index contributed by atoms with van der Waals surface area (Å²) in [5.74, 6) is -0.0863. The van der Waals surface area contributed by atoms with Crippen LogP contribution in [0.3, 0.4) is 0 Å². The van der Waals surface area contributed by atoms with Crippen LogP contribution in [0.1, 0.15) is 19.8 Å². The van der Waals surface area contributed by atoms with Crippen molar-refractivity contribution < 1.29 is 9.53 Å². The number of ether oxygens (including phenoxy) is 1. The number of hydrogen-bond acceptors (Lipinski definition) is 3. The Morgan fingerprint density at radius 1 is 1.45 bits per heavy atom. The normalized spacial score (nSPS) is 21.9. The molecule has 1 fully saturated rings. The molecule has 1 unspecified atom stereocenters. The number of amides is 1. The largest absolute Gasteiger partial charge is 0.365 e. The number of rotatable bonds is 3. The molecule has 1 amide bonds. The van der Waals surface area contributed by atoms with Crippen LogP contribution >= 0.6 is 0 Å². The molecule has 2 aromatic rings. The average molecular weight is 271 g/mol. The molecule has 0 bridgehead atoms. The fourth-order valence-corrected chi connectivity index (χ4v) is 2.40. The van der Waals surface area contributed by atoms with E-state index >= 15 is 0 Å². The monoisotopic (exact) mass is 271 g/mol. The van der Waals surface area contributed by atoms with E-state index in [9.17, 15) is 4.79 Å². The van der Waals surface area contributed by atoms with Crippen LogP contribution in [0.4, 0.5) is 5.69 Å². The Balaban J connectivity index is 1.78. The molecule has 0 radical (unpaired) electrons. The molecule has 2 N–H and O–H groups in total. The van der Waals surface area contributed by atoms with E-state index in [2.05, 4.69) is 15.5 Å². The lowest BCUT2D eigenvalue weighted by Crippen LogP contribution is -2.39. The van der Waals surface area contributed by atoms with Gasteiger partial charge in [-0.25, -0.2) is 0 Å². The third kappa shape index (κ3) is 2.44. The van der Waals surface area contributed by atoms with E-state index in [0.29, 0.717) is 6.61 Å². The number of nitrogens with one attached hydrogen (secondary N) is 2. The van der Waals surface area contributed by atoms with Crippen molar-refractivity contribution in [2.45, 2.75) is 25.4 Å². The molecule has 1 aromatic carbocycles. The number of anilines is 1. The van der Waals surface area contributed by atoms with Gasteiger partial charge in [-0.05, 0) is 38.0 Å². The van der Waals surface area contributed by atoms with Gasteiger partial charge in [-0.2, -0.15) is 5.10 Å². The summed E-state index contributed by atoms with van der Waals surface area (Å²) in [6.45, 7) is 2.49. The molecule has 1 aliphatic rings. The number of aromatic nitrogens is 2. The third-order valence-corrected chi connectivity index (χ3v) is 3.63. The number of carbonyl (C=O) groups excluding carboxylic acids is 1. The molecule has 0 spiro atoms. The predicted molar refractivity (Wildman–Crippen MR) is 76.2 cm³/mol. The molecule has 0 aliphatic carbocycles. The van der Waals surface area contributed by atoms with Crippen LogP contribution in [0.15, 0.2) is 36.5 Å². The number of aromatic amines is 1. The van der Waals surface area contributed by atoms with E-state index < -0.39 is 5.60 Å². The predicted octanol–water partition coefficient (Wildman–Crippen LogP) is 2.58. The van der Waals surface area contributed by atoms with Crippen molar-refractivity contribution in [3.8, 4) is 11.3 Å². The Labute approximate surface area is 117 Å². The molecule has 20 heavy (non-hydrogen) atoms. The van der Waals surface area contributed by atoms with Gasteiger partial charge < -0.3 is 10.1 Å². The number of H-pyrrole nitrogens is 1. The van der Waals surface area contributed by atoms with Crippen LogP contribution in [-0.2, 0) is 9.53 Å². The molecule has 1 aromatic heterocycles. The van der Waals surface area contributed by atoms with Gasteiger partial charge in [-0.3, -0.25) is 9.89 Å². The summed E-state index contributed by atoms with van der Waals surface area (Å²) in [4.78, 5) is 12.3. The molecule has 1 aliphatic heterocycles. The van der Waals surface area contributed by atoms with Crippen LogP contribution in [-0.4, -0.2) is 28.3 Å². The standard InChI is InChI=1S/C15H17N3O2/c1-15(7-3-9-20-15)14(19)17-12-5-2-4-11(10-12)13-6-8-16-18-13/h2,4-6,8,10H,3,7,9H2,1H3,(H,16,18)(H,17,19). The molecule has 5 heteroatoms. The van der Waals surface area contributed by atoms with Crippen LogP contribution in [0.25, 0.3) is 11.3 Å². The number of benzene rings is 1. The van der Waals surface area contributed by atoms with Gasteiger partial charge in [0.1, 0.15) is 5.60 Å². The Morgan fingerprint density at radius 3 is 3.05 bits per heavy atom. The fourth-order valence-electron chi connectivity index (χ4n) is 2.40. The maximum Gasteiger partial charge on any atom is 0.256 e. The highest BCUT2D eigenvalue weighted by Gasteiger charge is 2.37. The van der Waals surface area contributed by atoms with Gasteiger partial charge in [-0.15, -0.1) is 0 Å². The Morgan fingerprint density at radius 2 is 2.35 bits per heavy atom. The van der Waals surface area contributed by atoms with Gasteiger partial charge in [0.05, 0.1) is 5.69 Å². The molecule has 2 heterocycles. The van der Waals surface area contributed by atoms with Gasteiger partial charge in [0.25, 0.3) is 5.91 Å². The van der Waals surface area contributed by atoms with E-state index in [1.807, 2.05) is 37.3 Å². The smallest absolute Gasteiger partial charge is 0.256 e. The molecule has 104 valence electrons. The second-order valence-electron chi connectivity index (χ2n) is 5.19. The average Bonchev–Trinajstić information content (AvgIpc) is 3.11. The minimum Gasteiger partial charge on any atom is -0.365 e. The van der Waals surface area contributed by atoms with Gasteiger partial charge >= 0.3 is 0 Å². The maximum atomic E-state index is 12.3. The van der Waals surface area contributed by atoms with E-state index in [0.717, 1.165) is 29.8 Å². The zero-order chi connectivity index (χ0) is 14.0. The number of carbonyl (C=O) groups is 1. The van der Waals surface area contributed by atoms with Gasteiger partial charge in [-0.1, -0.05) is 12.1 Å². The highest BCUT2D eigenvalue weighted by Crippen LogP contribution is 2.27. The highest BCUT2D eigenvalue weighted by atomic mass is 16.5. The second-order valence-corrected chi connectivity index (χ2v) is 5.19. The number of nitrogens with zero attached hydrogens (tertiary/aromatic N) is 1. The van der Waals surface area contributed by atoms with Crippen molar-refractivity contribution in [3.05, 3.63) is 36.5 Å². The quantitative estimate of drug-likeness (QED) is 0.901. The molecule has 1 saturated heterocycles. The first-order valence-electron chi connectivity index (χ1n) is 6.73. The molecule has 0 saturated carbocycles. The summed E-state index contributed by atoms with van der Waals surface area (Å²) in [6.07, 6.45) is 3.39. The summed E-state index contributed by atoms with van der Waals surface area (Å²) >= 11 is 0. The first kappa shape index (κ1) is 12.9. The molecular formula is C15H17N3O2.